The second kappa shape index (κ2) is 24.5. The Kier molecular flexibility index (Phi) is 16.4. The molecule has 6 bridgehead atoms. The minimum absolute atomic E-state index is 0.00340. The molecule has 13 aliphatic rings. The van der Waals surface area contributed by atoms with Gasteiger partial charge >= 0.3 is 5.97 Å². The maximum atomic E-state index is 13.4. The SMILES string of the molecule is CN1CC[C@]23c4c5ccc(O)c4O[C@H]2[C@@H](O)C=C[C@H]3[C@H]1C5.COc1ccc(C(=O)Cc2c(CCN(C)C)cc3c(c2OC)OCO3)c(C(=O)O)c1OC.COc1ccc2c3c1O[C@H]1[C@@H](O)C=C[C@H]4[C@@H](C2)N(C)CC[C@@]341.COc1ccc2c3c1O[C@H]1[C@@H](O)CC=C4[C@@H](C2)N(C)CC[C@]431. The van der Waals surface area contributed by atoms with Gasteiger partial charge in [0.1, 0.15) is 36.1 Å². The zero-order valence-electron chi connectivity index (χ0n) is 56.8. The number of fused-ring (bicyclic) bond motifs is 1. The Morgan fingerprint density at radius 3 is 1.77 bits per heavy atom. The first-order valence-corrected chi connectivity index (χ1v) is 33.9. The van der Waals surface area contributed by atoms with Crippen LogP contribution in [0.15, 0.2) is 90.6 Å². The van der Waals surface area contributed by atoms with Gasteiger partial charge in [-0.2, -0.15) is 0 Å². The molecule has 14 atom stereocenters. The Bertz CT molecular complexity index is 4110. The number of nitrogens with zero attached hydrogens (tertiary/aromatic N) is 4. The molecular weight excluding hydrogens is 1240 g/mol. The number of methoxy groups -OCH3 is 5. The fraction of sp³-hybridized carbons (Fsp3) is 0.500. The van der Waals surface area contributed by atoms with E-state index in [2.05, 4.69) is 66.2 Å². The minimum atomic E-state index is -1.28. The van der Waals surface area contributed by atoms with Crippen molar-refractivity contribution in [2.24, 2.45) is 11.8 Å². The van der Waals surface area contributed by atoms with Crippen molar-refractivity contribution in [1.82, 2.24) is 19.6 Å². The van der Waals surface area contributed by atoms with Gasteiger partial charge in [-0.1, -0.05) is 48.6 Å². The molecule has 6 aliphatic carbocycles. The highest BCUT2D eigenvalue weighted by Gasteiger charge is 2.67. The first kappa shape index (κ1) is 64.9. The van der Waals surface area contributed by atoms with Crippen molar-refractivity contribution in [2.45, 2.75) is 129 Å². The van der Waals surface area contributed by atoms with Gasteiger partial charge in [0.15, 0.2) is 63.3 Å². The number of piperidine rings is 3. The van der Waals surface area contributed by atoms with Crippen LogP contribution in [0, 0.1) is 11.8 Å². The molecule has 7 aliphatic heterocycles. The summed E-state index contributed by atoms with van der Waals surface area (Å²) in [5.41, 5.74) is 10.2. The summed E-state index contributed by atoms with van der Waals surface area (Å²) in [7, 11) is 18.1. The topological polar surface area (TPSA) is 241 Å². The van der Waals surface area contributed by atoms with Crippen molar-refractivity contribution in [1.29, 1.82) is 0 Å². The van der Waals surface area contributed by atoms with Gasteiger partial charge < -0.3 is 87.6 Å². The molecule has 5 aromatic rings. The van der Waals surface area contributed by atoms with E-state index >= 15 is 0 Å². The third-order valence-corrected chi connectivity index (χ3v) is 24.0. The van der Waals surface area contributed by atoms with Crippen LogP contribution in [-0.2, 0) is 48.3 Å². The Balaban J connectivity index is 0.000000107. The zero-order chi connectivity index (χ0) is 67.9. The number of aliphatic hydroxyl groups is 3. The average Bonchev–Trinajstić information content (AvgIpc) is 1.58. The van der Waals surface area contributed by atoms with Gasteiger partial charge in [-0.25, -0.2) is 4.79 Å². The third kappa shape index (κ3) is 9.62. The lowest BCUT2D eigenvalue weighted by molar-refractivity contribution is -0.0453. The summed E-state index contributed by atoms with van der Waals surface area (Å²) in [5.74, 6) is 4.91. The lowest BCUT2D eigenvalue weighted by atomic mass is 9.53. The molecule has 514 valence electrons. The maximum absolute atomic E-state index is 13.4. The van der Waals surface area contributed by atoms with Crippen LogP contribution >= 0.6 is 0 Å². The molecule has 18 rings (SSSR count). The number of ketones is 1. The highest BCUT2D eigenvalue weighted by molar-refractivity contribution is 6.09. The monoisotopic (exact) mass is 1330 g/mol. The van der Waals surface area contributed by atoms with Gasteiger partial charge in [0.2, 0.25) is 12.5 Å². The molecule has 0 radical (unpaired) electrons. The predicted octanol–water partition coefficient (Wildman–Crippen LogP) is 7.01. The molecule has 0 amide bonds. The van der Waals surface area contributed by atoms with E-state index < -0.39 is 30.1 Å². The summed E-state index contributed by atoms with van der Waals surface area (Å²) in [6.45, 7) is 3.91. The first-order valence-electron chi connectivity index (χ1n) is 33.9. The lowest BCUT2D eigenvalue weighted by Gasteiger charge is -2.56. The van der Waals surface area contributed by atoms with Gasteiger partial charge in [-0.05, 0) is 170 Å². The zero-order valence-corrected chi connectivity index (χ0v) is 56.8. The molecule has 21 nitrogen and oxygen atoms in total. The largest absolute Gasteiger partial charge is 0.504 e. The number of carbonyl (C=O) groups excluding carboxylic acids is 1. The van der Waals surface area contributed by atoms with E-state index in [1.54, 1.807) is 20.3 Å². The number of phenols is 1. The minimum Gasteiger partial charge on any atom is -0.504 e. The molecule has 21 heteroatoms. The highest BCUT2D eigenvalue weighted by atomic mass is 16.7. The van der Waals surface area contributed by atoms with E-state index in [0.717, 1.165) is 93.3 Å². The molecule has 5 aromatic carbocycles. The number of benzene rings is 5. The number of carboxylic acid groups (broad SMARTS) is 1. The van der Waals surface area contributed by atoms with Gasteiger partial charge in [0.05, 0.1) is 47.1 Å². The van der Waals surface area contributed by atoms with E-state index in [1.807, 2.05) is 55.4 Å². The summed E-state index contributed by atoms with van der Waals surface area (Å²) in [5, 5.41) is 51.6. The first-order chi connectivity index (χ1) is 46.8. The van der Waals surface area contributed by atoms with Crippen LogP contribution in [-0.4, -0.2) is 215 Å². The molecule has 0 aromatic heterocycles. The van der Waals surface area contributed by atoms with Crippen LogP contribution in [0.4, 0.5) is 0 Å². The van der Waals surface area contributed by atoms with Crippen LogP contribution in [0.5, 0.6) is 63.2 Å². The molecule has 3 saturated heterocycles. The predicted molar refractivity (Wildman–Crippen MR) is 358 cm³/mol. The number of aliphatic hydroxyl groups excluding tert-OH is 3. The van der Waals surface area contributed by atoms with Crippen molar-refractivity contribution in [3.63, 3.8) is 0 Å². The van der Waals surface area contributed by atoms with E-state index in [9.17, 15) is 35.1 Å². The molecule has 5 N–H and O–H groups in total. The van der Waals surface area contributed by atoms with Crippen LogP contribution in [0.1, 0.15) is 90.9 Å². The van der Waals surface area contributed by atoms with Crippen molar-refractivity contribution in [2.75, 3.05) is 104 Å². The van der Waals surface area contributed by atoms with Gasteiger partial charge in [0.25, 0.3) is 0 Å². The second-order valence-corrected chi connectivity index (χ2v) is 28.6. The summed E-state index contributed by atoms with van der Waals surface area (Å²) in [6, 6.07) is 18.4. The molecule has 97 heavy (non-hydrogen) atoms. The highest BCUT2D eigenvalue weighted by Crippen LogP contribution is 2.66. The summed E-state index contributed by atoms with van der Waals surface area (Å²) >= 11 is 0. The van der Waals surface area contributed by atoms with Crippen molar-refractivity contribution < 1.29 is 82.5 Å². The molecule has 0 saturated carbocycles. The number of carbonyl (C=O) groups is 2. The second-order valence-electron chi connectivity index (χ2n) is 28.6. The number of rotatable bonds is 12. The standard InChI is InChI=1S/C23H27NO8.2C18H21NO3.C17H19NO3/c1-24(2)9-8-13-10-18-22(32-12-31-18)20(29-4)15(13)11-16(25)14-6-7-17(28-3)21(30-5)19(14)23(26)27;2*1-19-8-7-18-11-4-5-13(20)17(18)22-16-14(21-2)6-3-10(15(16)18)9-12(11)19;1-18-7-6-17-10-3-5-13(20)16(17)21-15-12(19)4-2-9(14(15)17)8-11(10)18/h6-7,10H,8-9,11-12H2,1-5H3,(H,26,27);3-4,6,12-13,17,20H,5,7-9H2,1-2H3;3-6,11-13,17,20H,7-9H2,1-2H3;2-5,10-11,13,16,19-20H,6-8H2,1H3/t;12-,13+,17+,18+;11-,12+,13-,17-,18-;10-,11+,13-,16-,17-/m.100/s1. The number of hydrogen-bond donors (Lipinski definition) is 5. The van der Waals surface area contributed by atoms with Crippen LogP contribution < -0.4 is 47.4 Å². The number of aromatic carboxylic acids is 1. The van der Waals surface area contributed by atoms with Crippen molar-refractivity contribution in [3.05, 3.63) is 146 Å². The molecule has 0 unspecified atom stereocenters. The van der Waals surface area contributed by atoms with Gasteiger partial charge in [-0.15, -0.1) is 0 Å². The number of hydrogen-bond acceptors (Lipinski definition) is 20. The van der Waals surface area contributed by atoms with E-state index in [0.29, 0.717) is 71.4 Å². The smallest absolute Gasteiger partial charge is 0.340 e. The number of phenolic OH excluding ortho intramolecular Hbond substituents is 1. The molecule has 7 heterocycles. The van der Waals surface area contributed by atoms with Crippen LogP contribution in [0.25, 0.3) is 0 Å². The lowest BCUT2D eigenvalue weighted by Crippen LogP contribution is -2.64. The Morgan fingerprint density at radius 1 is 0.619 bits per heavy atom. The summed E-state index contributed by atoms with van der Waals surface area (Å²) < 4.78 is 56.9. The maximum Gasteiger partial charge on any atom is 0.340 e. The van der Waals surface area contributed by atoms with Crippen molar-refractivity contribution >= 4 is 11.8 Å². The molecule has 3 spiro atoms. The molecular formula is C76H88N4O17. The Morgan fingerprint density at radius 2 is 1.18 bits per heavy atom. The van der Waals surface area contributed by atoms with E-state index in [4.69, 9.17) is 47.4 Å². The number of likely N-dealkylation sites (N-methyl/N-ethyl adjacent to an activating group) is 4. The van der Waals surface area contributed by atoms with Crippen molar-refractivity contribution in [3.8, 4) is 63.2 Å². The normalized spacial score (nSPS) is 31.2. The van der Waals surface area contributed by atoms with Gasteiger partial charge in [0, 0.05) is 81.6 Å². The Labute approximate surface area is 565 Å². The fourth-order valence-electron chi connectivity index (χ4n) is 19.6. The van der Waals surface area contributed by atoms with Crippen LogP contribution in [0.2, 0.25) is 0 Å². The number of likely N-dealkylation sites (tertiary alicyclic amines) is 3. The number of Topliss-reactive ketones (excluding diaryl/α,β-unsaturated/α-hetero) is 1. The summed E-state index contributed by atoms with van der Waals surface area (Å²) in [4.78, 5) is 34.7. The summed E-state index contributed by atoms with van der Waals surface area (Å²) in [6.07, 6.45) is 15.7. The van der Waals surface area contributed by atoms with E-state index in [1.165, 1.54) is 72.4 Å². The van der Waals surface area contributed by atoms with E-state index in [-0.39, 0.29) is 76.1 Å². The Hall–Kier alpha value is -8.02. The third-order valence-electron chi connectivity index (χ3n) is 24.0. The fourth-order valence-corrected chi connectivity index (χ4v) is 19.6. The number of carboxylic acids is 1. The molecule has 3 fully saturated rings. The number of ether oxygens (including phenoxy) is 10. The van der Waals surface area contributed by atoms with Gasteiger partial charge in [-0.3, -0.25) is 9.69 Å². The number of aromatic hydroxyl groups is 1. The average molecular weight is 1330 g/mol. The van der Waals surface area contributed by atoms with Crippen LogP contribution in [0.3, 0.4) is 0 Å². The quantitative estimate of drug-likeness (QED) is 0.0623.